The number of aliphatic hydroxyl groups is 1. The predicted molar refractivity (Wildman–Crippen MR) is 82.4 cm³/mol. The molecule has 0 saturated heterocycles. The van der Waals surface area contributed by atoms with Crippen molar-refractivity contribution < 1.29 is 14.6 Å². The third kappa shape index (κ3) is 4.33. The number of nitrogens with one attached hydrogen (secondary N) is 1. The minimum absolute atomic E-state index is 0.116. The molecule has 0 heterocycles. The lowest BCUT2D eigenvalue weighted by atomic mass is 10.1. The van der Waals surface area contributed by atoms with Gasteiger partial charge in [0, 0.05) is 5.69 Å². The van der Waals surface area contributed by atoms with Crippen molar-refractivity contribution in [2.75, 3.05) is 11.9 Å². The van der Waals surface area contributed by atoms with E-state index >= 15 is 0 Å². The number of carbonyl (C=O) groups is 1. The monoisotopic (exact) mass is 285 g/mol. The summed E-state index contributed by atoms with van der Waals surface area (Å²) in [5, 5.41) is 12.9. The normalized spacial score (nSPS) is 13.3. The van der Waals surface area contributed by atoms with Crippen molar-refractivity contribution >= 4 is 11.6 Å². The number of aryl methyl sites for hydroxylation is 1. The fourth-order valence-corrected chi connectivity index (χ4v) is 1.71. The molecule has 0 saturated carbocycles. The molecule has 0 aliphatic heterocycles. The van der Waals surface area contributed by atoms with Crippen LogP contribution in [0.15, 0.2) is 54.6 Å². The van der Waals surface area contributed by atoms with E-state index in [1.54, 1.807) is 24.3 Å². The Balaban J connectivity index is 1.94. The molecule has 2 N–H and O–H groups in total. The van der Waals surface area contributed by atoms with Gasteiger partial charge in [-0.05, 0) is 38.1 Å². The average Bonchev–Trinajstić information content (AvgIpc) is 2.48. The lowest BCUT2D eigenvalue weighted by molar-refractivity contribution is -0.135. The minimum Gasteiger partial charge on any atom is -0.490 e. The molecule has 1 amide bonds. The van der Waals surface area contributed by atoms with Gasteiger partial charge in [0.25, 0.3) is 5.91 Å². The third-order valence-corrected chi connectivity index (χ3v) is 3.06. The largest absolute Gasteiger partial charge is 0.490 e. The van der Waals surface area contributed by atoms with E-state index in [-0.39, 0.29) is 6.61 Å². The Labute approximate surface area is 124 Å². The molecule has 2 aromatic rings. The molecular formula is C17H19NO3. The summed E-state index contributed by atoms with van der Waals surface area (Å²) >= 11 is 0. The number of para-hydroxylation sites is 1. The van der Waals surface area contributed by atoms with Gasteiger partial charge in [0.1, 0.15) is 12.4 Å². The second kappa shape index (κ2) is 6.41. The van der Waals surface area contributed by atoms with Crippen molar-refractivity contribution in [3.8, 4) is 5.75 Å². The molecule has 0 fully saturated rings. The van der Waals surface area contributed by atoms with E-state index in [9.17, 15) is 9.90 Å². The summed E-state index contributed by atoms with van der Waals surface area (Å²) in [7, 11) is 0. The molecule has 2 rings (SSSR count). The van der Waals surface area contributed by atoms with Crippen LogP contribution in [-0.2, 0) is 4.79 Å². The molecule has 21 heavy (non-hydrogen) atoms. The number of ether oxygens (including phenoxy) is 1. The SMILES string of the molecule is Cc1ccc(OC[C@@](C)(O)C(=O)Nc2ccccc2)cc1. The van der Waals surface area contributed by atoms with Crippen LogP contribution in [0.2, 0.25) is 0 Å². The summed E-state index contributed by atoms with van der Waals surface area (Å²) in [6.07, 6.45) is 0. The summed E-state index contributed by atoms with van der Waals surface area (Å²) in [5.41, 5.74) is 0.148. The molecule has 0 aromatic heterocycles. The van der Waals surface area contributed by atoms with Crippen molar-refractivity contribution in [3.63, 3.8) is 0 Å². The maximum absolute atomic E-state index is 12.1. The Morgan fingerprint density at radius 3 is 2.38 bits per heavy atom. The highest BCUT2D eigenvalue weighted by Gasteiger charge is 2.31. The van der Waals surface area contributed by atoms with E-state index in [0.29, 0.717) is 11.4 Å². The Morgan fingerprint density at radius 2 is 1.76 bits per heavy atom. The lowest BCUT2D eigenvalue weighted by Gasteiger charge is -2.22. The van der Waals surface area contributed by atoms with Gasteiger partial charge in [0.15, 0.2) is 5.60 Å². The number of amides is 1. The van der Waals surface area contributed by atoms with Gasteiger partial charge in [-0.15, -0.1) is 0 Å². The van der Waals surface area contributed by atoms with E-state index in [1.165, 1.54) is 6.92 Å². The molecule has 4 nitrogen and oxygen atoms in total. The number of carbonyl (C=O) groups excluding carboxylic acids is 1. The van der Waals surface area contributed by atoms with E-state index in [2.05, 4.69) is 5.32 Å². The maximum Gasteiger partial charge on any atom is 0.259 e. The minimum atomic E-state index is -1.61. The van der Waals surface area contributed by atoms with Gasteiger partial charge in [0.2, 0.25) is 0 Å². The molecule has 0 spiro atoms. The Hall–Kier alpha value is -2.33. The molecule has 0 aliphatic rings. The van der Waals surface area contributed by atoms with Crippen LogP contribution in [0.25, 0.3) is 0 Å². The quantitative estimate of drug-likeness (QED) is 0.888. The van der Waals surface area contributed by atoms with Crippen LogP contribution < -0.4 is 10.1 Å². The Bertz CT molecular complexity index is 591. The second-order valence-electron chi connectivity index (χ2n) is 5.20. The highest BCUT2D eigenvalue weighted by molar-refractivity contribution is 5.96. The summed E-state index contributed by atoms with van der Waals surface area (Å²) in [5.74, 6) is 0.120. The van der Waals surface area contributed by atoms with Gasteiger partial charge in [-0.3, -0.25) is 4.79 Å². The summed E-state index contributed by atoms with van der Waals surface area (Å²) in [6.45, 7) is 3.29. The molecule has 0 aliphatic carbocycles. The molecular weight excluding hydrogens is 266 g/mol. The zero-order valence-corrected chi connectivity index (χ0v) is 12.2. The zero-order valence-electron chi connectivity index (χ0n) is 12.2. The van der Waals surface area contributed by atoms with Crippen molar-refractivity contribution in [1.82, 2.24) is 0 Å². The number of benzene rings is 2. The zero-order chi connectivity index (χ0) is 15.3. The number of hydrogen-bond acceptors (Lipinski definition) is 3. The third-order valence-electron chi connectivity index (χ3n) is 3.06. The molecule has 1 atom stereocenters. The number of hydrogen-bond donors (Lipinski definition) is 2. The average molecular weight is 285 g/mol. The summed E-state index contributed by atoms with van der Waals surface area (Å²) in [6, 6.07) is 16.4. The van der Waals surface area contributed by atoms with Crippen LogP contribution in [0.3, 0.4) is 0 Å². The Kier molecular flexibility index (Phi) is 4.60. The van der Waals surface area contributed by atoms with E-state index in [0.717, 1.165) is 5.56 Å². The summed E-state index contributed by atoms with van der Waals surface area (Å²) < 4.78 is 5.47. The Morgan fingerprint density at radius 1 is 1.14 bits per heavy atom. The van der Waals surface area contributed by atoms with Gasteiger partial charge in [-0.25, -0.2) is 0 Å². The maximum atomic E-state index is 12.1. The first-order chi connectivity index (χ1) is 9.97. The van der Waals surface area contributed by atoms with Crippen LogP contribution in [0, 0.1) is 6.92 Å². The molecule has 0 bridgehead atoms. The lowest BCUT2D eigenvalue weighted by Crippen LogP contribution is -2.45. The van der Waals surface area contributed by atoms with Gasteiger partial charge < -0.3 is 15.2 Å². The smallest absolute Gasteiger partial charge is 0.259 e. The van der Waals surface area contributed by atoms with Crippen LogP contribution in [0.1, 0.15) is 12.5 Å². The molecule has 0 radical (unpaired) electrons. The fraction of sp³-hybridized carbons (Fsp3) is 0.235. The van der Waals surface area contributed by atoms with Crippen molar-refractivity contribution in [1.29, 1.82) is 0 Å². The van der Waals surface area contributed by atoms with Gasteiger partial charge in [-0.2, -0.15) is 0 Å². The molecule has 4 heteroatoms. The van der Waals surface area contributed by atoms with Gasteiger partial charge in [-0.1, -0.05) is 35.9 Å². The first-order valence-corrected chi connectivity index (χ1v) is 6.76. The predicted octanol–water partition coefficient (Wildman–Crippen LogP) is 2.76. The number of anilines is 1. The van der Waals surface area contributed by atoms with E-state index in [1.807, 2.05) is 37.3 Å². The van der Waals surface area contributed by atoms with Gasteiger partial charge >= 0.3 is 0 Å². The molecule has 110 valence electrons. The fourth-order valence-electron chi connectivity index (χ4n) is 1.71. The standard InChI is InChI=1S/C17H19NO3/c1-13-8-10-15(11-9-13)21-12-17(2,20)16(19)18-14-6-4-3-5-7-14/h3-11,20H,12H2,1-2H3,(H,18,19)/t17-/m1/s1. The summed E-state index contributed by atoms with van der Waals surface area (Å²) in [4.78, 5) is 12.1. The van der Waals surface area contributed by atoms with Crippen LogP contribution in [0.4, 0.5) is 5.69 Å². The molecule has 0 unspecified atom stereocenters. The first-order valence-electron chi connectivity index (χ1n) is 6.76. The van der Waals surface area contributed by atoms with Crippen LogP contribution in [0.5, 0.6) is 5.75 Å². The highest BCUT2D eigenvalue weighted by Crippen LogP contribution is 2.16. The van der Waals surface area contributed by atoms with E-state index in [4.69, 9.17) is 4.74 Å². The van der Waals surface area contributed by atoms with E-state index < -0.39 is 11.5 Å². The van der Waals surface area contributed by atoms with Crippen molar-refractivity contribution in [2.45, 2.75) is 19.4 Å². The van der Waals surface area contributed by atoms with Crippen LogP contribution in [-0.4, -0.2) is 23.2 Å². The first kappa shape index (κ1) is 15.1. The van der Waals surface area contributed by atoms with Crippen molar-refractivity contribution in [3.05, 3.63) is 60.2 Å². The number of rotatable bonds is 5. The van der Waals surface area contributed by atoms with Gasteiger partial charge in [0.05, 0.1) is 0 Å². The highest BCUT2D eigenvalue weighted by atomic mass is 16.5. The van der Waals surface area contributed by atoms with Crippen molar-refractivity contribution in [2.24, 2.45) is 0 Å². The second-order valence-corrected chi connectivity index (χ2v) is 5.20. The van der Waals surface area contributed by atoms with Crippen LogP contribution >= 0.6 is 0 Å². The molecule has 2 aromatic carbocycles. The topological polar surface area (TPSA) is 58.6 Å².